The molecule has 3 atom stereocenters. The van der Waals surface area contributed by atoms with Crippen LogP contribution in [0.1, 0.15) is 42.2 Å². The van der Waals surface area contributed by atoms with Crippen LogP contribution in [0.3, 0.4) is 0 Å². The molecule has 0 aromatic heterocycles. The van der Waals surface area contributed by atoms with Gasteiger partial charge in [-0.1, -0.05) is 12.1 Å². The number of piperazine rings is 1. The number of nitro groups is 1. The average Bonchev–Trinajstić information content (AvgIpc) is 2.93. The summed E-state index contributed by atoms with van der Waals surface area (Å²) < 4.78 is 18.7. The highest BCUT2D eigenvalue weighted by molar-refractivity contribution is 5.96. The van der Waals surface area contributed by atoms with Crippen LogP contribution >= 0.6 is 0 Å². The largest absolute Gasteiger partial charge is 0.481 e. The van der Waals surface area contributed by atoms with Gasteiger partial charge in [0.1, 0.15) is 11.5 Å². The first-order chi connectivity index (χ1) is 19.0. The summed E-state index contributed by atoms with van der Waals surface area (Å²) in [5.41, 5.74) is 0.404. The number of urea groups is 1. The van der Waals surface area contributed by atoms with Gasteiger partial charge in [-0.05, 0) is 43.7 Å². The van der Waals surface area contributed by atoms with Gasteiger partial charge in [0.15, 0.2) is 0 Å². The van der Waals surface area contributed by atoms with Crippen molar-refractivity contribution in [3.05, 3.63) is 69.5 Å². The maximum Gasteiger partial charge on any atom is 0.320 e. The Kier molecular flexibility index (Phi) is 8.83. The van der Waals surface area contributed by atoms with Crippen LogP contribution in [0.25, 0.3) is 0 Å². The van der Waals surface area contributed by atoms with E-state index in [2.05, 4.69) is 5.32 Å². The Labute approximate surface area is 230 Å². The molecule has 0 aliphatic carbocycles. The predicted molar refractivity (Wildman–Crippen MR) is 143 cm³/mol. The molecule has 12 nitrogen and oxygen atoms in total. The number of halogens is 1. The number of carbonyl (C=O) groups excluding carboxylic acids is 2. The third kappa shape index (κ3) is 6.47. The predicted octanol–water partition coefficient (Wildman–Crippen LogP) is 3.03. The number of rotatable bonds is 7. The molecule has 214 valence electrons. The molecule has 2 heterocycles. The van der Waals surface area contributed by atoms with Crippen LogP contribution in [0.15, 0.2) is 42.5 Å². The van der Waals surface area contributed by atoms with Crippen molar-refractivity contribution < 1.29 is 33.5 Å². The van der Waals surface area contributed by atoms with Gasteiger partial charge in [-0.15, -0.1) is 0 Å². The average molecular weight is 558 g/mol. The molecule has 3 unspecified atom stereocenters. The zero-order chi connectivity index (χ0) is 29.0. The highest BCUT2D eigenvalue weighted by Gasteiger charge is 2.37. The maximum atomic E-state index is 13.4. The molecule has 2 N–H and O–H groups in total. The summed E-state index contributed by atoms with van der Waals surface area (Å²) in [5, 5.41) is 24.0. The quantitative estimate of drug-likeness (QED) is 0.390. The number of benzene rings is 2. The van der Waals surface area contributed by atoms with Gasteiger partial charge in [-0.2, -0.15) is 0 Å². The van der Waals surface area contributed by atoms with Gasteiger partial charge >= 0.3 is 12.0 Å². The third-order valence-electron chi connectivity index (χ3n) is 7.21. The second kappa shape index (κ2) is 12.3. The summed E-state index contributed by atoms with van der Waals surface area (Å²) in [7, 11) is 0. The first kappa shape index (κ1) is 28.7. The zero-order valence-corrected chi connectivity index (χ0v) is 22.3. The van der Waals surface area contributed by atoms with Gasteiger partial charge in [0.25, 0.3) is 11.6 Å². The number of carboxylic acids is 1. The molecular formula is C27H32FN5O7. The Morgan fingerprint density at radius 1 is 1.10 bits per heavy atom. The highest BCUT2D eigenvalue weighted by atomic mass is 19.1. The Hall–Kier alpha value is -4.26. The van der Waals surface area contributed by atoms with E-state index in [1.807, 2.05) is 18.7 Å². The van der Waals surface area contributed by atoms with Crippen molar-refractivity contribution in [2.45, 2.75) is 38.4 Å². The molecule has 3 amide bonds. The van der Waals surface area contributed by atoms with Crippen LogP contribution in [0.2, 0.25) is 0 Å². The summed E-state index contributed by atoms with van der Waals surface area (Å²) in [4.78, 5) is 54.4. The van der Waals surface area contributed by atoms with Crippen molar-refractivity contribution in [3.63, 3.8) is 0 Å². The highest BCUT2D eigenvalue weighted by Crippen LogP contribution is 2.33. The number of aliphatic carboxylic acids is 1. The van der Waals surface area contributed by atoms with Crippen molar-refractivity contribution in [3.8, 4) is 0 Å². The van der Waals surface area contributed by atoms with E-state index < -0.39 is 35.1 Å². The lowest BCUT2D eigenvalue weighted by Crippen LogP contribution is -2.61. The van der Waals surface area contributed by atoms with E-state index in [0.717, 1.165) is 18.2 Å². The molecule has 40 heavy (non-hydrogen) atoms. The molecule has 2 aliphatic heterocycles. The molecule has 13 heteroatoms. The minimum Gasteiger partial charge on any atom is -0.481 e. The van der Waals surface area contributed by atoms with Crippen molar-refractivity contribution >= 4 is 29.3 Å². The summed E-state index contributed by atoms with van der Waals surface area (Å²) in [6, 6.07) is 7.67. The van der Waals surface area contributed by atoms with Crippen molar-refractivity contribution in [2.75, 3.05) is 44.3 Å². The molecule has 2 fully saturated rings. The smallest absolute Gasteiger partial charge is 0.320 e. The van der Waals surface area contributed by atoms with E-state index in [1.165, 1.54) is 24.3 Å². The molecule has 0 radical (unpaired) electrons. The number of ether oxygens (including phenoxy) is 1. The number of nitrogens with one attached hydrogen (secondary N) is 1. The van der Waals surface area contributed by atoms with E-state index >= 15 is 0 Å². The SMILES string of the molecule is CC1CN(c2ccc(C(=O)NC(CC(=O)O)c3ccc(F)cc3)cc2[N+](=O)[O-])C(C)CN1C(=O)N1CCOCC1. The summed E-state index contributed by atoms with van der Waals surface area (Å²) >= 11 is 0. The van der Waals surface area contributed by atoms with Gasteiger partial charge in [0.2, 0.25) is 0 Å². The zero-order valence-electron chi connectivity index (χ0n) is 22.3. The van der Waals surface area contributed by atoms with E-state index in [-0.39, 0.29) is 29.4 Å². The Morgan fingerprint density at radius 3 is 2.40 bits per heavy atom. The number of morpholine rings is 1. The van der Waals surface area contributed by atoms with E-state index in [1.54, 1.807) is 9.80 Å². The first-order valence-electron chi connectivity index (χ1n) is 13.0. The molecule has 0 saturated carbocycles. The van der Waals surface area contributed by atoms with Gasteiger partial charge < -0.3 is 29.9 Å². The van der Waals surface area contributed by atoms with E-state index in [9.17, 15) is 34.0 Å². The Bertz CT molecular complexity index is 1270. The fourth-order valence-electron chi connectivity index (χ4n) is 5.08. The van der Waals surface area contributed by atoms with Gasteiger partial charge in [0.05, 0.1) is 30.6 Å². The molecular weight excluding hydrogens is 525 g/mol. The van der Waals surface area contributed by atoms with Crippen LogP contribution in [0.4, 0.5) is 20.6 Å². The topological polar surface area (TPSA) is 146 Å². The van der Waals surface area contributed by atoms with Gasteiger partial charge in [0, 0.05) is 49.9 Å². The van der Waals surface area contributed by atoms with Crippen LogP contribution in [0.5, 0.6) is 0 Å². The first-order valence-corrected chi connectivity index (χ1v) is 13.0. The lowest BCUT2D eigenvalue weighted by atomic mass is 10.0. The Balaban J connectivity index is 1.53. The molecule has 2 saturated heterocycles. The van der Waals surface area contributed by atoms with E-state index in [4.69, 9.17) is 4.74 Å². The molecule has 0 bridgehead atoms. The fourth-order valence-corrected chi connectivity index (χ4v) is 5.08. The second-order valence-electron chi connectivity index (χ2n) is 10.0. The van der Waals surface area contributed by atoms with Crippen LogP contribution < -0.4 is 10.2 Å². The third-order valence-corrected chi connectivity index (χ3v) is 7.21. The molecule has 0 spiro atoms. The normalized spacial score (nSPS) is 20.1. The van der Waals surface area contributed by atoms with Gasteiger partial charge in [-0.25, -0.2) is 9.18 Å². The monoisotopic (exact) mass is 557 g/mol. The number of hydrogen-bond acceptors (Lipinski definition) is 7. The van der Waals surface area contributed by atoms with Crippen molar-refractivity contribution in [1.82, 2.24) is 15.1 Å². The molecule has 4 rings (SSSR count). The number of nitrogens with zero attached hydrogens (tertiary/aromatic N) is 4. The van der Waals surface area contributed by atoms with Crippen LogP contribution in [0, 0.1) is 15.9 Å². The lowest BCUT2D eigenvalue weighted by Gasteiger charge is -2.46. The minimum absolute atomic E-state index is 0.0187. The standard InChI is InChI=1S/C27H32FN5O7/c1-17-16-32(27(37)30-9-11-40-12-10-30)18(2)15-31(17)23-8-5-20(13-24(23)33(38)39)26(36)29-22(14-25(34)35)19-3-6-21(28)7-4-19/h3-8,13,17-18,22H,9-12,14-16H2,1-2H3,(H,29,36)(H,34,35). The number of hydrogen-bond donors (Lipinski definition) is 2. The summed E-state index contributed by atoms with van der Waals surface area (Å²) in [6.07, 6.45) is -0.458. The molecule has 2 aromatic carbocycles. The van der Waals surface area contributed by atoms with Gasteiger partial charge in [-0.3, -0.25) is 19.7 Å². The van der Waals surface area contributed by atoms with Crippen LogP contribution in [-0.2, 0) is 9.53 Å². The molecule has 2 aromatic rings. The van der Waals surface area contributed by atoms with Crippen LogP contribution in [-0.4, -0.2) is 89.2 Å². The second-order valence-corrected chi connectivity index (χ2v) is 10.0. The number of carboxylic acid groups (broad SMARTS) is 1. The van der Waals surface area contributed by atoms with E-state index in [0.29, 0.717) is 50.6 Å². The number of nitro benzene ring substituents is 1. The Morgan fingerprint density at radius 2 is 1.77 bits per heavy atom. The fraction of sp³-hybridized carbons (Fsp3) is 0.444. The number of amides is 3. The maximum absolute atomic E-state index is 13.4. The minimum atomic E-state index is -1.18. The number of anilines is 1. The molecule has 2 aliphatic rings. The summed E-state index contributed by atoms with van der Waals surface area (Å²) in [6.45, 7) is 6.51. The lowest BCUT2D eigenvalue weighted by molar-refractivity contribution is -0.384. The summed E-state index contributed by atoms with van der Waals surface area (Å²) in [5.74, 6) is -2.39. The van der Waals surface area contributed by atoms with Crippen molar-refractivity contribution in [2.24, 2.45) is 0 Å². The number of carbonyl (C=O) groups is 3. The van der Waals surface area contributed by atoms with Crippen molar-refractivity contribution in [1.29, 1.82) is 0 Å².